The first-order chi connectivity index (χ1) is 27.2. The molecule has 0 bridgehead atoms. The minimum Gasteiger partial charge on any atom is -0.498 e. The Morgan fingerprint density at radius 2 is 1.21 bits per heavy atom. The topological polar surface area (TPSA) is 158 Å². The fourth-order valence-electron chi connectivity index (χ4n) is 5.40. The second kappa shape index (κ2) is 40.6. The van der Waals surface area contributed by atoms with Crippen LogP contribution < -0.4 is 5.73 Å². The van der Waals surface area contributed by atoms with Crippen LogP contribution in [0.1, 0.15) is 149 Å². The van der Waals surface area contributed by atoms with Gasteiger partial charge in [-0.2, -0.15) is 0 Å². The molecule has 1 unspecified atom stereocenters. The number of phosphoric ester groups is 1. The van der Waals surface area contributed by atoms with Crippen LogP contribution in [0, 0.1) is 0 Å². The Labute approximate surface area is 340 Å². The molecule has 0 radical (unpaired) electrons. The number of carbonyl (C=O) groups excluding carboxylic acids is 1. The van der Waals surface area contributed by atoms with Crippen molar-refractivity contribution < 1.29 is 43.0 Å². The number of aliphatic hydroxyl groups is 2. The number of rotatable bonds is 39. The number of carbonyl (C=O) groups is 1. The summed E-state index contributed by atoms with van der Waals surface area (Å²) in [6.07, 6.45) is 46.3. The summed E-state index contributed by atoms with van der Waals surface area (Å²) < 4.78 is 33.0. The third-order valence-electron chi connectivity index (χ3n) is 8.57. The lowest BCUT2D eigenvalue weighted by atomic mass is 10.0. The van der Waals surface area contributed by atoms with Crippen LogP contribution >= 0.6 is 7.82 Å². The molecule has 11 heteroatoms. The van der Waals surface area contributed by atoms with Crippen molar-refractivity contribution in [3.8, 4) is 0 Å². The van der Waals surface area contributed by atoms with E-state index in [9.17, 15) is 24.5 Å². The zero-order chi connectivity index (χ0) is 41.2. The highest BCUT2D eigenvalue weighted by Gasteiger charge is 2.25. The predicted molar refractivity (Wildman–Crippen MR) is 231 cm³/mol. The third-order valence-corrected chi connectivity index (χ3v) is 9.56. The number of phosphoric acid groups is 1. The molecular formula is C45H78NO9P. The SMILES string of the molecule is CC/C=C\C[C@H](O)/C=C/C=C\C=C\[C@H](O)C/C=C\C/C=C\CCC(=O)O[C@H](CO/C=C/CCCCCCCCCCCCCCCC)COP(=O)(O)OCCN. The Bertz CT molecular complexity index is 1160. The maximum Gasteiger partial charge on any atom is 0.472 e. The summed E-state index contributed by atoms with van der Waals surface area (Å²) in [7, 11) is -4.34. The van der Waals surface area contributed by atoms with Gasteiger partial charge in [0, 0.05) is 13.0 Å². The molecular weight excluding hydrogens is 729 g/mol. The molecule has 4 atom stereocenters. The van der Waals surface area contributed by atoms with Crippen molar-refractivity contribution in [2.24, 2.45) is 5.73 Å². The number of ether oxygens (including phenoxy) is 2. The fraction of sp³-hybridized carbons (Fsp3) is 0.667. The van der Waals surface area contributed by atoms with Crippen LogP contribution in [0.4, 0.5) is 0 Å². The van der Waals surface area contributed by atoms with Gasteiger partial charge in [-0.3, -0.25) is 13.8 Å². The quantitative estimate of drug-likeness (QED) is 0.0118. The van der Waals surface area contributed by atoms with Crippen molar-refractivity contribution in [3.63, 3.8) is 0 Å². The van der Waals surface area contributed by atoms with E-state index in [2.05, 4.69) is 13.8 Å². The Morgan fingerprint density at radius 3 is 1.79 bits per heavy atom. The highest BCUT2D eigenvalue weighted by atomic mass is 31.2. The van der Waals surface area contributed by atoms with Gasteiger partial charge in [0.2, 0.25) is 0 Å². The molecule has 0 aromatic rings. The molecule has 0 aliphatic carbocycles. The van der Waals surface area contributed by atoms with E-state index in [0.717, 1.165) is 19.3 Å². The summed E-state index contributed by atoms with van der Waals surface area (Å²) in [4.78, 5) is 22.4. The number of unbranched alkanes of at least 4 members (excludes halogenated alkanes) is 14. The molecule has 0 fully saturated rings. The first-order valence-corrected chi connectivity index (χ1v) is 22.8. The van der Waals surface area contributed by atoms with Gasteiger partial charge in [0.25, 0.3) is 0 Å². The predicted octanol–water partition coefficient (Wildman–Crippen LogP) is 10.8. The van der Waals surface area contributed by atoms with Crippen molar-refractivity contribution in [1.29, 1.82) is 0 Å². The van der Waals surface area contributed by atoms with Gasteiger partial charge in [-0.25, -0.2) is 4.57 Å². The van der Waals surface area contributed by atoms with Crippen molar-refractivity contribution in [1.82, 2.24) is 0 Å². The molecule has 0 heterocycles. The minimum absolute atomic E-state index is 0.0335. The van der Waals surface area contributed by atoms with E-state index in [-0.39, 0.29) is 32.8 Å². The monoisotopic (exact) mass is 808 g/mol. The lowest BCUT2D eigenvalue weighted by molar-refractivity contribution is -0.153. The number of esters is 1. The van der Waals surface area contributed by atoms with Gasteiger partial charge in [0.15, 0.2) is 6.10 Å². The van der Waals surface area contributed by atoms with Crippen molar-refractivity contribution in [2.75, 3.05) is 26.4 Å². The van der Waals surface area contributed by atoms with Gasteiger partial charge in [0.1, 0.15) is 6.61 Å². The molecule has 0 aromatic carbocycles. The molecule has 0 spiro atoms. The van der Waals surface area contributed by atoms with Crippen molar-refractivity contribution in [2.45, 2.75) is 167 Å². The highest BCUT2D eigenvalue weighted by molar-refractivity contribution is 7.47. The van der Waals surface area contributed by atoms with Crippen LogP contribution in [0.15, 0.2) is 85.3 Å². The third kappa shape index (κ3) is 39.7. The molecule has 5 N–H and O–H groups in total. The molecule has 0 amide bonds. The molecule has 10 nitrogen and oxygen atoms in total. The van der Waals surface area contributed by atoms with Crippen LogP contribution in [-0.2, 0) is 27.9 Å². The minimum atomic E-state index is -4.34. The van der Waals surface area contributed by atoms with Crippen LogP contribution in [0.3, 0.4) is 0 Å². The van der Waals surface area contributed by atoms with Crippen LogP contribution in [0.25, 0.3) is 0 Å². The van der Waals surface area contributed by atoms with Gasteiger partial charge in [0.05, 0.1) is 31.7 Å². The standard InChI is InChI=1S/C45H78NO9P/c1-3-5-7-8-9-10-11-12-13-14-15-16-17-20-25-31-38-52-40-44(41-54-56(50,51)53-39-37-46)55-45(49)36-30-22-19-18-21-27-33-43(48)35-29-24-23-28-34-42(47)32-26-6-4-2/h6,19,21-24,26-29,31,34-35,38,42-44,47-48H,3-5,7-18,20,25,30,32-33,36-37,39-41,46H2,1-2H3,(H,50,51)/b22-19-,24-23-,26-6-,27-21-,34-28+,35-29+,38-31+/t42-,43+,44+/m0/s1. The second-order valence-corrected chi connectivity index (χ2v) is 15.4. The largest absolute Gasteiger partial charge is 0.498 e. The lowest BCUT2D eigenvalue weighted by Crippen LogP contribution is -2.27. The molecule has 0 saturated carbocycles. The first-order valence-electron chi connectivity index (χ1n) is 21.3. The van der Waals surface area contributed by atoms with Gasteiger partial charge in [-0.1, -0.05) is 170 Å². The van der Waals surface area contributed by atoms with E-state index in [1.165, 1.54) is 83.5 Å². The zero-order valence-electron chi connectivity index (χ0n) is 34.8. The Hall–Kier alpha value is -2.56. The normalized spacial score (nSPS) is 15.4. The van der Waals surface area contributed by atoms with Gasteiger partial charge < -0.3 is 30.3 Å². The number of aliphatic hydroxyl groups excluding tert-OH is 2. The molecule has 0 saturated heterocycles. The molecule has 0 aromatic heterocycles. The average molecular weight is 808 g/mol. The molecule has 0 aliphatic rings. The smallest absolute Gasteiger partial charge is 0.472 e. The number of allylic oxidation sites excluding steroid dienone is 9. The molecule has 322 valence electrons. The molecule has 0 aliphatic heterocycles. The van der Waals surface area contributed by atoms with E-state index in [0.29, 0.717) is 25.7 Å². The van der Waals surface area contributed by atoms with E-state index < -0.39 is 32.1 Å². The van der Waals surface area contributed by atoms with E-state index >= 15 is 0 Å². The van der Waals surface area contributed by atoms with E-state index in [4.69, 9.17) is 24.3 Å². The number of hydrogen-bond acceptors (Lipinski definition) is 9. The lowest BCUT2D eigenvalue weighted by Gasteiger charge is -2.19. The van der Waals surface area contributed by atoms with Crippen molar-refractivity contribution >= 4 is 13.8 Å². The van der Waals surface area contributed by atoms with E-state index in [1.807, 2.05) is 42.5 Å². The molecule has 56 heavy (non-hydrogen) atoms. The average Bonchev–Trinajstić information content (AvgIpc) is 3.18. The Morgan fingerprint density at radius 1 is 0.661 bits per heavy atom. The Balaban J connectivity index is 4.36. The van der Waals surface area contributed by atoms with Crippen LogP contribution in [0.5, 0.6) is 0 Å². The maximum absolute atomic E-state index is 12.5. The maximum atomic E-state index is 12.5. The summed E-state index contributed by atoms with van der Waals surface area (Å²) in [5.41, 5.74) is 5.35. The number of hydrogen-bond donors (Lipinski definition) is 4. The first kappa shape index (κ1) is 53.4. The summed E-state index contributed by atoms with van der Waals surface area (Å²) in [5, 5.41) is 19.9. The number of nitrogens with two attached hydrogens (primary N) is 1. The van der Waals surface area contributed by atoms with E-state index in [1.54, 1.807) is 42.7 Å². The van der Waals surface area contributed by atoms with Crippen LogP contribution in [0.2, 0.25) is 0 Å². The summed E-state index contributed by atoms with van der Waals surface area (Å²) >= 11 is 0. The summed E-state index contributed by atoms with van der Waals surface area (Å²) in [6, 6.07) is 0. The Kier molecular flexibility index (Phi) is 38.8. The van der Waals surface area contributed by atoms with Gasteiger partial charge in [-0.15, -0.1) is 0 Å². The summed E-state index contributed by atoms with van der Waals surface area (Å²) in [6.45, 7) is 3.83. The summed E-state index contributed by atoms with van der Waals surface area (Å²) in [5.74, 6) is -0.482. The fourth-order valence-corrected chi connectivity index (χ4v) is 6.16. The highest BCUT2D eigenvalue weighted by Crippen LogP contribution is 2.43. The van der Waals surface area contributed by atoms with Crippen molar-refractivity contribution in [3.05, 3.63) is 85.3 Å². The van der Waals surface area contributed by atoms with Gasteiger partial charge >= 0.3 is 13.8 Å². The van der Waals surface area contributed by atoms with Gasteiger partial charge in [-0.05, 0) is 51.0 Å². The second-order valence-electron chi connectivity index (χ2n) is 13.9. The molecule has 0 rings (SSSR count). The zero-order valence-corrected chi connectivity index (χ0v) is 35.7. The van der Waals surface area contributed by atoms with Crippen LogP contribution in [-0.4, -0.2) is 65.8 Å².